The van der Waals surface area contributed by atoms with E-state index in [0.29, 0.717) is 17.6 Å². The normalized spacial score (nSPS) is 31.3. The van der Waals surface area contributed by atoms with Crippen molar-refractivity contribution in [3.8, 4) is 6.07 Å². The first-order chi connectivity index (χ1) is 8.28. The first-order valence-corrected chi connectivity index (χ1v) is 6.10. The second-order valence-electron chi connectivity index (χ2n) is 4.93. The van der Waals surface area contributed by atoms with E-state index in [4.69, 9.17) is 5.26 Å². The Bertz CT molecular complexity index is 437. The van der Waals surface area contributed by atoms with Crippen LogP contribution in [0.5, 0.6) is 0 Å². The van der Waals surface area contributed by atoms with Crippen molar-refractivity contribution < 1.29 is 5.11 Å². The average molecular weight is 229 g/mol. The molecule has 1 aromatic heterocycles. The van der Waals surface area contributed by atoms with Gasteiger partial charge in [0.1, 0.15) is 11.9 Å². The quantitative estimate of drug-likeness (QED) is 0.791. The fourth-order valence-corrected chi connectivity index (χ4v) is 3.13. The van der Waals surface area contributed by atoms with E-state index in [1.807, 2.05) is 12.1 Å². The van der Waals surface area contributed by atoms with E-state index in [1.54, 1.807) is 6.20 Å². The van der Waals surface area contributed by atoms with Gasteiger partial charge >= 0.3 is 0 Å². The van der Waals surface area contributed by atoms with Crippen molar-refractivity contribution in [1.82, 2.24) is 4.98 Å². The predicted octanol–water partition coefficient (Wildman–Crippen LogP) is 1.45. The molecular formula is C13H15N3O. The fraction of sp³-hybridized carbons (Fsp3) is 0.538. The van der Waals surface area contributed by atoms with Gasteiger partial charge in [-0.25, -0.2) is 4.98 Å². The van der Waals surface area contributed by atoms with Crippen LogP contribution in [0.2, 0.25) is 0 Å². The summed E-state index contributed by atoms with van der Waals surface area (Å²) in [6, 6.07) is 6.65. The molecule has 4 heteroatoms. The summed E-state index contributed by atoms with van der Waals surface area (Å²) in [5.74, 6) is 0.948. The van der Waals surface area contributed by atoms with Gasteiger partial charge in [0.15, 0.2) is 0 Å². The molecule has 3 heterocycles. The summed E-state index contributed by atoms with van der Waals surface area (Å²) in [6.07, 6.45) is 5.45. The molecular weight excluding hydrogens is 214 g/mol. The Hall–Kier alpha value is -1.60. The SMILES string of the molecule is N#Cc1ccc(N2C3CCC2CC(O)C3)nc1. The second-order valence-corrected chi connectivity index (χ2v) is 4.93. The Morgan fingerprint density at radius 2 is 2.00 bits per heavy atom. The van der Waals surface area contributed by atoms with Crippen LogP contribution >= 0.6 is 0 Å². The van der Waals surface area contributed by atoms with Crippen molar-refractivity contribution in [1.29, 1.82) is 5.26 Å². The molecule has 0 radical (unpaired) electrons. The van der Waals surface area contributed by atoms with Gasteiger partial charge in [-0.3, -0.25) is 0 Å². The summed E-state index contributed by atoms with van der Waals surface area (Å²) < 4.78 is 0. The van der Waals surface area contributed by atoms with Crippen molar-refractivity contribution in [3.63, 3.8) is 0 Å². The van der Waals surface area contributed by atoms with Gasteiger partial charge in [-0.1, -0.05) is 0 Å². The molecule has 1 N–H and O–H groups in total. The Morgan fingerprint density at radius 3 is 2.53 bits per heavy atom. The van der Waals surface area contributed by atoms with Gasteiger partial charge < -0.3 is 10.0 Å². The van der Waals surface area contributed by atoms with Crippen molar-refractivity contribution in [3.05, 3.63) is 23.9 Å². The van der Waals surface area contributed by atoms with Gasteiger partial charge in [-0.15, -0.1) is 0 Å². The van der Waals surface area contributed by atoms with Crippen LogP contribution in [0.15, 0.2) is 18.3 Å². The number of hydrogen-bond donors (Lipinski definition) is 1. The van der Waals surface area contributed by atoms with Crippen LogP contribution < -0.4 is 4.90 Å². The van der Waals surface area contributed by atoms with Crippen LogP contribution in [0.1, 0.15) is 31.2 Å². The number of rotatable bonds is 1. The number of anilines is 1. The summed E-state index contributed by atoms with van der Waals surface area (Å²) in [4.78, 5) is 6.69. The van der Waals surface area contributed by atoms with Crippen LogP contribution in [-0.4, -0.2) is 28.3 Å². The second kappa shape index (κ2) is 4.01. The third-order valence-corrected chi connectivity index (χ3v) is 3.85. The number of aliphatic hydroxyl groups excluding tert-OH is 1. The van der Waals surface area contributed by atoms with E-state index < -0.39 is 0 Å². The molecule has 2 saturated heterocycles. The smallest absolute Gasteiger partial charge is 0.129 e. The van der Waals surface area contributed by atoms with Crippen molar-refractivity contribution in [2.75, 3.05) is 4.90 Å². The number of nitriles is 1. The number of aliphatic hydroxyl groups is 1. The number of pyridine rings is 1. The van der Waals surface area contributed by atoms with E-state index in [1.165, 1.54) is 0 Å². The van der Waals surface area contributed by atoms with E-state index in [0.717, 1.165) is 31.5 Å². The Balaban J connectivity index is 1.87. The third-order valence-electron chi connectivity index (χ3n) is 3.85. The number of nitrogens with zero attached hydrogens (tertiary/aromatic N) is 3. The van der Waals surface area contributed by atoms with Gasteiger partial charge in [0.2, 0.25) is 0 Å². The third kappa shape index (κ3) is 1.77. The standard InChI is InChI=1S/C13H15N3O/c14-7-9-1-4-13(15-8-9)16-10-2-3-11(16)6-12(17)5-10/h1,4,8,10-12,17H,2-3,5-6H2. The highest BCUT2D eigenvalue weighted by molar-refractivity contribution is 5.46. The molecule has 2 aliphatic heterocycles. The molecule has 4 nitrogen and oxygen atoms in total. The monoisotopic (exact) mass is 229 g/mol. The lowest BCUT2D eigenvalue weighted by Gasteiger charge is -2.38. The van der Waals surface area contributed by atoms with Crippen molar-refractivity contribution >= 4 is 5.82 Å². The van der Waals surface area contributed by atoms with Gasteiger partial charge in [0.25, 0.3) is 0 Å². The maximum Gasteiger partial charge on any atom is 0.129 e. The van der Waals surface area contributed by atoms with Gasteiger partial charge in [-0.05, 0) is 37.8 Å². The van der Waals surface area contributed by atoms with E-state index in [2.05, 4.69) is 16.0 Å². The number of aromatic nitrogens is 1. The minimum atomic E-state index is -0.151. The first kappa shape index (κ1) is 10.5. The number of piperidine rings is 1. The molecule has 2 fully saturated rings. The van der Waals surface area contributed by atoms with Crippen molar-refractivity contribution in [2.45, 2.75) is 43.9 Å². The minimum Gasteiger partial charge on any atom is -0.393 e. The largest absolute Gasteiger partial charge is 0.393 e. The molecule has 2 unspecified atom stereocenters. The number of hydrogen-bond acceptors (Lipinski definition) is 4. The highest BCUT2D eigenvalue weighted by atomic mass is 16.3. The highest BCUT2D eigenvalue weighted by Gasteiger charge is 2.40. The molecule has 3 rings (SSSR count). The minimum absolute atomic E-state index is 0.151. The molecule has 2 bridgehead atoms. The molecule has 17 heavy (non-hydrogen) atoms. The lowest BCUT2D eigenvalue weighted by atomic mass is 10.00. The lowest BCUT2D eigenvalue weighted by molar-refractivity contribution is 0.126. The van der Waals surface area contributed by atoms with Gasteiger partial charge in [-0.2, -0.15) is 5.26 Å². The topological polar surface area (TPSA) is 60.2 Å². The molecule has 2 atom stereocenters. The Kier molecular flexibility index (Phi) is 2.49. The molecule has 0 aliphatic carbocycles. The molecule has 0 saturated carbocycles. The molecule has 0 aromatic carbocycles. The van der Waals surface area contributed by atoms with Crippen molar-refractivity contribution in [2.24, 2.45) is 0 Å². The Labute approximate surface area is 101 Å². The van der Waals surface area contributed by atoms with Crippen LogP contribution in [0.25, 0.3) is 0 Å². The molecule has 0 amide bonds. The van der Waals surface area contributed by atoms with E-state index in [9.17, 15) is 5.11 Å². The van der Waals surface area contributed by atoms with Gasteiger partial charge in [0.05, 0.1) is 11.7 Å². The summed E-state index contributed by atoms with van der Waals surface area (Å²) in [6.45, 7) is 0. The van der Waals surface area contributed by atoms with E-state index >= 15 is 0 Å². The summed E-state index contributed by atoms with van der Waals surface area (Å²) in [7, 11) is 0. The van der Waals surface area contributed by atoms with E-state index in [-0.39, 0.29) is 6.10 Å². The predicted molar refractivity (Wildman–Crippen MR) is 63.5 cm³/mol. The average Bonchev–Trinajstić information content (AvgIpc) is 2.62. The summed E-state index contributed by atoms with van der Waals surface area (Å²) in [5, 5.41) is 18.5. The molecule has 2 aliphatic rings. The molecule has 1 aromatic rings. The zero-order valence-electron chi connectivity index (χ0n) is 9.58. The van der Waals surface area contributed by atoms with Crippen LogP contribution in [0.4, 0.5) is 5.82 Å². The lowest BCUT2D eigenvalue weighted by Crippen LogP contribution is -2.45. The van der Waals surface area contributed by atoms with Crippen LogP contribution in [0, 0.1) is 11.3 Å². The number of fused-ring (bicyclic) bond motifs is 2. The highest BCUT2D eigenvalue weighted by Crippen LogP contribution is 2.38. The fourth-order valence-electron chi connectivity index (χ4n) is 3.13. The zero-order chi connectivity index (χ0) is 11.8. The zero-order valence-corrected chi connectivity index (χ0v) is 9.58. The molecule has 0 spiro atoms. The molecule has 88 valence electrons. The maximum atomic E-state index is 9.75. The Morgan fingerprint density at radius 1 is 1.29 bits per heavy atom. The maximum absolute atomic E-state index is 9.75. The summed E-state index contributed by atoms with van der Waals surface area (Å²) >= 11 is 0. The van der Waals surface area contributed by atoms with Gasteiger partial charge in [0, 0.05) is 18.3 Å². The summed E-state index contributed by atoms with van der Waals surface area (Å²) in [5.41, 5.74) is 0.596. The first-order valence-electron chi connectivity index (χ1n) is 6.10. The van der Waals surface area contributed by atoms with Crippen LogP contribution in [-0.2, 0) is 0 Å². The van der Waals surface area contributed by atoms with Crippen LogP contribution in [0.3, 0.4) is 0 Å².